The molecule has 1 amide bonds. The Morgan fingerprint density at radius 3 is 2.12 bits per heavy atom. The van der Waals surface area contributed by atoms with E-state index in [9.17, 15) is 4.79 Å². The van der Waals surface area contributed by atoms with E-state index in [0.29, 0.717) is 0 Å². The molecule has 0 heterocycles. The van der Waals surface area contributed by atoms with Gasteiger partial charge in [-0.25, -0.2) is 11.4 Å². The number of carbonyl (C=O) groups is 1. The average Bonchev–Trinajstić information content (AvgIpc) is 1.97. The van der Waals surface area contributed by atoms with Crippen LogP contribution in [-0.4, -0.2) is 24.3 Å². The predicted octanol–water partition coefficient (Wildman–Crippen LogP) is 2.85. The molecule has 4 nitrogen and oxygen atoms in total. The van der Waals surface area contributed by atoms with E-state index in [2.05, 4.69) is 10.2 Å². The fourth-order valence-corrected chi connectivity index (χ4v) is 1.08. The second-order valence-electron chi connectivity index (χ2n) is 5.91. The summed E-state index contributed by atoms with van der Waals surface area (Å²) in [5, 5.41) is 2.74. The second-order valence-corrected chi connectivity index (χ2v) is 5.91. The number of hydrogen-bond acceptors (Lipinski definition) is 2. The van der Waals surface area contributed by atoms with Crippen LogP contribution in [0.2, 0.25) is 0 Å². The van der Waals surface area contributed by atoms with Gasteiger partial charge in [0.25, 0.3) is 0 Å². The first-order valence-corrected chi connectivity index (χ1v) is 5.39. The number of amides is 1. The van der Waals surface area contributed by atoms with E-state index in [1.54, 1.807) is 0 Å². The van der Waals surface area contributed by atoms with Crippen LogP contribution in [0.25, 0.3) is 4.85 Å². The summed E-state index contributed by atoms with van der Waals surface area (Å²) in [5.41, 5.74) is -0.661. The highest BCUT2D eigenvalue weighted by atomic mass is 16.6. The maximum atomic E-state index is 11.6. The summed E-state index contributed by atoms with van der Waals surface area (Å²) in [4.78, 5) is 14.9. The third-order valence-electron chi connectivity index (χ3n) is 2.01. The molecule has 4 heteroatoms. The molecule has 92 valence electrons. The van der Waals surface area contributed by atoms with Crippen LogP contribution in [0.3, 0.4) is 0 Å². The summed E-state index contributed by atoms with van der Waals surface area (Å²) in [6.07, 6.45) is -0.462. The third kappa shape index (κ3) is 6.28. The molecule has 0 aliphatic heterocycles. The van der Waals surface area contributed by atoms with Crippen molar-refractivity contribution in [1.82, 2.24) is 5.32 Å². The summed E-state index contributed by atoms with van der Waals surface area (Å²) in [6, 6.07) is -0.195. The minimum atomic E-state index is -0.509. The van der Waals surface area contributed by atoms with Crippen LogP contribution in [0.4, 0.5) is 4.79 Å². The highest BCUT2D eigenvalue weighted by molar-refractivity contribution is 5.68. The topological polar surface area (TPSA) is 42.7 Å². The Balaban J connectivity index is 4.43. The standard InChI is InChI=1S/C12H22N2O2/c1-11(2,3)9(8-13-7)14-10(15)16-12(4,5)6/h9H,8H2,1-6H3,(H,14,15). The van der Waals surface area contributed by atoms with Crippen molar-refractivity contribution in [3.63, 3.8) is 0 Å². The molecular weight excluding hydrogens is 204 g/mol. The molecule has 0 saturated carbocycles. The third-order valence-corrected chi connectivity index (χ3v) is 2.01. The fourth-order valence-electron chi connectivity index (χ4n) is 1.08. The van der Waals surface area contributed by atoms with Crippen molar-refractivity contribution in [3.05, 3.63) is 11.4 Å². The van der Waals surface area contributed by atoms with Crippen LogP contribution in [0, 0.1) is 12.0 Å². The van der Waals surface area contributed by atoms with Crippen LogP contribution in [0.5, 0.6) is 0 Å². The molecule has 0 radical (unpaired) electrons. The molecule has 0 rings (SSSR count). The van der Waals surface area contributed by atoms with Gasteiger partial charge in [-0.2, -0.15) is 0 Å². The maximum absolute atomic E-state index is 11.6. The molecular formula is C12H22N2O2. The lowest BCUT2D eigenvalue weighted by molar-refractivity contribution is 0.0471. The monoisotopic (exact) mass is 226 g/mol. The van der Waals surface area contributed by atoms with Crippen molar-refractivity contribution in [2.45, 2.75) is 53.2 Å². The lowest BCUT2D eigenvalue weighted by Gasteiger charge is -2.29. The van der Waals surface area contributed by atoms with Gasteiger partial charge in [-0.05, 0) is 26.2 Å². The molecule has 0 saturated heterocycles. The van der Waals surface area contributed by atoms with Crippen molar-refractivity contribution < 1.29 is 9.53 Å². The van der Waals surface area contributed by atoms with Gasteiger partial charge in [-0.1, -0.05) is 20.8 Å². The maximum Gasteiger partial charge on any atom is 0.408 e. The molecule has 1 unspecified atom stereocenters. The SMILES string of the molecule is [C-]#[N+]CC(NC(=O)OC(C)(C)C)C(C)(C)C. The smallest absolute Gasteiger partial charge is 0.408 e. The van der Waals surface area contributed by atoms with Gasteiger partial charge in [-0.3, -0.25) is 0 Å². The van der Waals surface area contributed by atoms with Crippen LogP contribution in [0.15, 0.2) is 0 Å². The quantitative estimate of drug-likeness (QED) is 0.736. The first kappa shape index (κ1) is 14.8. The van der Waals surface area contributed by atoms with Crippen molar-refractivity contribution in [3.8, 4) is 0 Å². The van der Waals surface area contributed by atoms with E-state index >= 15 is 0 Å². The molecule has 0 bridgehead atoms. The van der Waals surface area contributed by atoms with Crippen molar-refractivity contribution in [2.75, 3.05) is 6.54 Å². The van der Waals surface area contributed by atoms with E-state index in [-0.39, 0.29) is 18.0 Å². The number of nitrogens with one attached hydrogen (secondary N) is 1. The number of carbonyl (C=O) groups excluding carboxylic acids is 1. The number of rotatable bonds is 2. The summed E-state index contributed by atoms with van der Waals surface area (Å²) in [5.74, 6) is 0. The van der Waals surface area contributed by atoms with Gasteiger partial charge in [-0.15, -0.1) is 0 Å². The molecule has 0 aromatic carbocycles. The second kappa shape index (κ2) is 5.20. The Morgan fingerprint density at radius 1 is 1.31 bits per heavy atom. The zero-order chi connectivity index (χ0) is 13.0. The Bertz CT molecular complexity index is 279. The van der Waals surface area contributed by atoms with Crippen molar-refractivity contribution in [1.29, 1.82) is 0 Å². The number of alkyl carbamates (subject to hydrolysis) is 1. The molecule has 0 aromatic heterocycles. The predicted molar refractivity (Wildman–Crippen MR) is 64.1 cm³/mol. The Labute approximate surface area is 98.2 Å². The summed E-state index contributed by atoms with van der Waals surface area (Å²) < 4.78 is 5.16. The Hall–Kier alpha value is -1.24. The fraction of sp³-hybridized carbons (Fsp3) is 0.833. The van der Waals surface area contributed by atoms with Gasteiger partial charge in [0.1, 0.15) is 11.6 Å². The molecule has 0 fully saturated rings. The highest BCUT2D eigenvalue weighted by Gasteiger charge is 2.30. The molecule has 0 aromatic rings. The van der Waals surface area contributed by atoms with Crippen molar-refractivity contribution in [2.24, 2.45) is 5.41 Å². The lowest BCUT2D eigenvalue weighted by atomic mass is 9.87. The van der Waals surface area contributed by atoms with E-state index < -0.39 is 11.7 Å². The van der Waals surface area contributed by atoms with Crippen LogP contribution in [-0.2, 0) is 4.74 Å². The van der Waals surface area contributed by atoms with Gasteiger partial charge in [0.15, 0.2) is 0 Å². The van der Waals surface area contributed by atoms with Crippen molar-refractivity contribution >= 4 is 6.09 Å². The minimum Gasteiger partial charge on any atom is -0.444 e. The van der Waals surface area contributed by atoms with Crippen LogP contribution >= 0.6 is 0 Å². The number of ether oxygens (including phenoxy) is 1. The molecule has 1 atom stereocenters. The Kier molecular flexibility index (Phi) is 4.80. The van der Waals surface area contributed by atoms with Gasteiger partial charge >= 0.3 is 6.09 Å². The summed E-state index contributed by atoms with van der Waals surface area (Å²) in [7, 11) is 0. The molecule has 0 spiro atoms. The van der Waals surface area contributed by atoms with Gasteiger partial charge in [0.2, 0.25) is 6.54 Å². The molecule has 1 N–H and O–H groups in total. The van der Waals surface area contributed by atoms with Gasteiger partial charge < -0.3 is 14.9 Å². The van der Waals surface area contributed by atoms with Crippen LogP contribution < -0.4 is 5.32 Å². The lowest BCUT2D eigenvalue weighted by Crippen LogP contribution is -2.47. The Morgan fingerprint density at radius 2 is 1.81 bits per heavy atom. The summed E-state index contributed by atoms with van der Waals surface area (Å²) in [6.45, 7) is 18.5. The zero-order valence-electron chi connectivity index (χ0n) is 11.0. The molecule has 0 aliphatic rings. The van der Waals surface area contributed by atoms with E-state index in [1.807, 2.05) is 41.5 Å². The first-order valence-electron chi connectivity index (χ1n) is 5.39. The molecule has 16 heavy (non-hydrogen) atoms. The van der Waals surface area contributed by atoms with Gasteiger partial charge in [0, 0.05) is 0 Å². The highest BCUT2D eigenvalue weighted by Crippen LogP contribution is 2.20. The van der Waals surface area contributed by atoms with Gasteiger partial charge in [0.05, 0.1) is 0 Å². The largest absolute Gasteiger partial charge is 0.444 e. The normalized spacial score (nSPS) is 13.8. The average molecular weight is 226 g/mol. The summed E-state index contributed by atoms with van der Waals surface area (Å²) >= 11 is 0. The number of hydrogen-bond donors (Lipinski definition) is 1. The molecule has 0 aliphatic carbocycles. The van der Waals surface area contributed by atoms with E-state index in [4.69, 9.17) is 11.3 Å². The van der Waals surface area contributed by atoms with E-state index in [1.165, 1.54) is 0 Å². The first-order chi connectivity index (χ1) is 7.06. The van der Waals surface area contributed by atoms with E-state index in [0.717, 1.165) is 0 Å². The zero-order valence-corrected chi connectivity index (χ0v) is 11.0. The van der Waals surface area contributed by atoms with Crippen LogP contribution in [0.1, 0.15) is 41.5 Å². The minimum absolute atomic E-state index is 0.151. The number of nitrogens with zero attached hydrogens (tertiary/aromatic N) is 1.